The number of rotatable bonds is 4. The smallest absolute Gasteiger partial charge is 0.246 e. The van der Waals surface area contributed by atoms with Crippen LogP contribution in [0.2, 0.25) is 5.28 Å². The van der Waals surface area contributed by atoms with Gasteiger partial charge in [-0.25, -0.2) is 0 Å². The maximum Gasteiger partial charge on any atom is 0.246 e. The molecule has 5 aromatic rings. The van der Waals surface area contributed by atoms with Gasteiger partial charge in [-0.3, -0.25) is 0 Å². The summed E-state index contributed by atoms with van der Waals surface area (Å²) in [5.41, 5.74) is 3.20. The van der Waals surface area contributed by atoms with Crippen LogP contribution in [0.25, 0.3) is 28.2 Å². The molecule has 0 aliphatic heterocycles. The van der Waals surface area contributed by atoms with E-state index in [2.05, 4.69) is 25.4 Å². The summed E-state index contributed by atoms with van der Waals surface area (Å²) < 4.78 is 12.6. The number of ether oxygens (including phenoxy) is 1. The largest absolute Gasteiger partial charge is 0.437 e. The molecule has 8 nitrogen and oxygen atoms in total. The maximum absolute atomic E-state index is 6.08. The Kier molecular flexibility index (Phi) is 4.18. The van der Waals surface area contributed by atoms with Crippen molar-refractivity contribution in [2.24, 2.45) is 0 Å². The molecule has 142 valence electrons. The first kappa shape index (κ1) is 17.3. The molecule has 5 rings (SSSR count). The summed E-state index contributed by atoms with van der Waals surface area (Å²) >= 11 is 6.01. The van der Waals surface area contributed by atoms with Crippen molar-refractivity contribution >= 4 is 17.2 Å². The third kappa shape index (κ3) is 3.30. The first-order chi connectivity index (χ1) is 14.2. The number of fused-ring (bicyclic) bond motifs is 1. The zero-order chi connectivity index (χ0) is 19.8. The average Bonchev–Trinajstić information content (AvgIpc) is 3.35. The molecular formula is C20H13ClN6O2. The highest BCUT2D eigenvalue weighted by Crippen LogP contribution is 2.36. The number of nitrogens with zero attached hydrogens (tertiary/aromatic N) is 6. The van der Waals surface area contributed by atoms with Gasteiger partial charge in [0, 0.05) is 24.1 Å². The van der Waals surface area contributed by atoms with Crippen molar-refractivity contribution in [2.45, 2.75) is 6.92 Å². The Morgan fingerprint density at radius 2 is 1.83 bits per heavy atom. The van der Waals surface area contributed by atoms with Crippen molar-refractivity contribution in [3.63, 3.8) is 0 Å². The van der Waals surface area contributed by atoms with Crippen LogP contribution >= 0.6 is 11.6 Å². The maximum atomic E-state index is 6.08. The summed E-state index contributed by atoms with van der Waals surface area (Å²) in [5.74, 6) is 2.00. The van der Waals surface area contributed by atoms with Crippen LogP contribution in [-0.4, -0.2) is 30.0 Å². The second-order valence-electron chi connectivity index (χ2n) is 6.23. The lowest BCUT2D eigenvalue weighted by molar-refractivity contribution is 0.394. The summed E-state index contributed by atoms with van der Waals surface area (Å²) in [6.45, 7) is 1.75. The van der Waals surface area contributed by atoms with E-state index in [1.807, 2.05) is 48.5 Å². The Morgan fingerprint density at radius 3 is 2.62 bits per heavy atom. The summed E-state index contributed by atoms with van der Waals surface area (Å²) in [5, 5.41) is 16.2. The number of benzene rings is 2. The van der Waals surface area contributed by atoms with E-state index < -0.39 is 0 Å². The van der Waals surface area contributed by atoms with E-state index in [1.54, 1.807) is 19.1 Å². The fourth-order valence-electron chi connectivity index (χ4n) is 2.93. The minimum absolute atomic E-state index is 0.163. The monoisotopic (exact) mass is 404 g/mol. The van der Waals surface area contributed by atoms with E-state index in [1.165, 1.54) is 4.52 Å². The van der Waals surface area contributed by atoms with Gasteiger partial charge in [-0.15, -0.1) is 15.3 Å². The lowest BCUT2D eigenvalue weighted by Gasteiger charge is -2.12. The summed E-state index contributed by atoms with van der Waals surface area (Å²) in [7, 11) is 0. The standard InChI is InChI=1S/C20H13ClN6O2/c1-12-22-19(26-29-12)14-7-8-16(15(11-14)13-5-3-2-4-6-13)28-18-10-9-17-23-24-20(21)27(17)25-18/h2-11H,1H3. The Morgan fingerprint density at radius 1 is 0.966 bits per heavy atom. The third-order valence-corrected chi connectivity index (χ3v) is 4.50. The number of aromatic nitrogens is 6. The highest BCUT2D eigenvalue weighted by molar-refractivity contribution is 6.28. The van der Waals surface area contributed by atoms with Crippen LogP contribution < -0.4 is 4.74 Å². The Balaban J connectivity index is 1.60. The molecule has 0 saturated heterocycles. The van der Waals surface area contributed by atoms with Gasteiger partial charge in [0.15, 0.2) is 5.65 Å². The van der Waals surface area contributed by atoms with Crippen molar-refractivity contribution < 1.29 is 9.26 Å². The van der Waals surface area contributed by atoms with Crippen LogP contribution in [0, 0.1) is 6.92 Å². The predicted molar refractivity (Wildman–Crippen MR) is 106 cm³/mol. The van der Waals surface area contributed by atoms with Crippen molar-refractivity contribution in [3.05, 3.63) is 71.8 Å². The summed E-state index contributed by atoms with van der Waals surface area (Å²) in [4.78, 5) is 4.30. The normalized spacial score (nSPS) is 11.1. The molecule has 0 fully saturated rings. The quantitative estimate of drug-likeness (QED) is 0.432. The second-order valence-corrected chi connectivity index (χ2v) is 6.56. The van der Waals surface area contributed by atoms with Crippen LogP contribution in [0.5, 0.6) is 11.6 Å². The van der Waals surface area contributed by atoms with Crippen LogP contribution in [-0.2, 0) is 0 Å². The molecule has 29 heavy (non-hydrogen) atoms. The summed E-state index contributed by atoms with van der Waals surface area (Å²) in [6, 6.07) is 19.0. The molecule has 0 spiro atoms. The van der Waals surface area contributed by atoms with E-state index >= 15 is 0 Å². The first-order valence-corrected chi connectivity index (χ1v) is 9.11. The van der Waals surface area contributed by atoms with Gasteiger partial charge in [0.1, 0.15) is 5.75 Å². The molecular weight excluding hydrogens is 392 g/mol. The van der Waals surface area contributed by atoms with E-state index in [9.17, 15) is 0 Å². The fraction of sp³-hybridized carbons (Fsp3) is 0.0500. The SMILES string of the molecule is Cc1nc(-c2ccc(Oc3ccc4nnc(Cl)n4n3)c(-c3ccccc3)c2)no1. The molecule has 9 heteroatoms. The molecule has 0 bridgehead atoms. The number of hydrogen-bond acceptors (Lipinski definition) is 7. The fourth-order valence-corrected chi connectivity index (χ4v) is 3.09. The van der Waals surface area contributed by atoms with Gasteiger partial charge in [-0.05, 0) is 41.4 Å². The van der Waals surface area contributed by atoms with Gasteiger partial charge in [0.05, 0.1) is 0 Å². The topological polar surface area (TPSA) is 91.2 Å². The lowest BCUT2D eigenvalue weighted by atomic mass is 10.0. The number of hydrogen-bond donors (Lipinski definition) is 0. The molecule has 0 saturated carbocycles. The third-order valence-electron chi connectivity index (χ3n) is 4.26. The van der Waals surface area contributed by atoms with Crippen molar-refractivity contribution in [1.29, 1.82) is 0 Å². The number of halogens is 1. The Labute approximate surface area is 169 Å². The van der Waals surface area contributed by atoms with Crippen molar-refractivity contribution in [2.75, 3.05) is 0 Å². The zero-order valence-electron chi connectivity index (χ0n) is 15.2. The molecule has 0 unspecified atom stereocenters. The van der Waals surface area contributed by atoms with Crippen molar-refractivity contribution in [1.82, 2.24) is 30.0 Å². The molecule has 3 aromatic heterocycles. The van der Waals surface area contributed by atoms with E-state index in [-0.39, 0.29) is 5.28 Å². The van der Waals surface area contributed by atoms with Gasteiger partial charge in [0.25, 0.3) is 0 Å². The van der Waals surface area contributed by atoms with Gasteiger partial charge in [-0.2, -0.15) is 9.50 Å². The van der Waals surface area contributed by atoms with E-state index in [4.69, 9.17) is 20.9 Å². The molecule has 0 N–H and O–H groups in total. The Bertz CT molecular complexity index is 1320. The summed E-state index contributed by atoms with van der Waals surface area (Å²) in [6.07, 6.45) is 0. The molecule has 3 heterocycles. The van der Waals surface area contributed by atoms with E-state index in [0.29, 0.717) is 29.0 Å². The van der Waals surface area contributed by atoms with Gasteiger partial charge >= 0.3 is 0 Å². The van der Waals surface area contributed by atoms with Crippen LogP contribution in [0.3, 0.4) is 0 Å². The van der Waals surface area contributed by atoms with Crippen molar-refractivity contribution in [3.8, 4) is 34.1 Å². The lowest BCUT2D eigenvalue weighted by Crippen LogP contribution is -1.97. The highest BCUT2D eigenvalue weighted by atomic mass is 35.5. The highest BCUT2D eigenvalue weighted by Gasteiger charge is 2.14. The number of aryl methyl sites for hydroxylation is 1. The minimum atomic E-state index is 0.163. The first-order valence-electron chi connectivity index (χ1n) is 8.73. The average molecular weight is 405 g/mol. The molecule has 0 amide bonds. The molecule has 2 aromatic carbocycles. The Hall–Kier alpha value is -3.78. The van der Waals surface area contributed by atoms with Gasteiger partial charge in [0.2, 0.25) is 22.9 Å². The van der Waals surface area contributed by atoms with Crippen LogP contribution in [0.15, 0.2) is 65.2 Å². The van der Waals surface area contributed by atoms with Gasteiger partial charge in [-0.1, -0.05) is 35.5 Å². The zero-order valence-corrected chi connectivity index (χ0v) is 15.9. The minimum Gasteiger partial charge on any atom is -0.437 e. The molecule has 0 atom stereocenters. The van der Waals surface area contributed by atoms with E-state index in [0.717, 1.165) is 16.7 Å². The molecule has 0 aliphatic carbocycles. The molecule has 0 aliphatic rings. The van der Waals surface area contributed by atoms with Gasteiger partial charge < -0.3 is 9.26 Å². The van der Waals surface area contributed by atoms with Crippen LogP contribution in [0.4, 0.5) is 0 Å². The predicted octanol–water partition coefficient (Wildman–Crippen LogP) is 4.60. The van der Waals surface area contributed by atoms with Crippen LogP contribution in [0.1, 0.15) is 5.89 Å². The second kappa shape index (κ2) is 6.99. The molecule has 0 radical (unpaired) electrons.